The van der Waals surface area contributed by atoms with Crippen molar-refractivity contribution in [2.45, 2.75) is 0 Å². The third-order valence-corrected chi connectivity index (χ3v) is 0.932. The summed E-state index contributed by atoms with van der Waals surface area (Å²) in [5, 5.41) is 23.6. The van der Waals surface area contributed by atoms with Crippen molar-refractivity contribution in [2.24, 2.45) is 0 Å². The normalized spacial score (nSPS) is 9.47. The highest BCUT2D eigenvalue weighted by atomic mass is 16.5. The molecule has 0 rings (SSSR count). The van der Waals surface area contributed by atoms with Crippen molar-refractivity contribution in [1.82, 2.24) is 0 Å². The van der Waals surface area contributed by atoms with E-state index in [0.29, 0.717) is 18.2 Å². The first-order valence-electron chi connectivity index (χ1n) is 3.92. The molecular formula is C9H10O8. The van der Waals surface area contributed by atoms with Crippen molar-refractivity contribution in [3.8, 4) is 0 Å². The molecule has 0 amide bonds. The van der Waals surface area contributed by atoms with Crippen molar-refractivity contribution in [3.05, 3.63) is 24.3 Å². The molecule has 0 radical (unpaired) electrons. The minimum absolute atomic E-state index is 0.558. The monoisotopic (exact) mass is 246 g/mol. The third kappa shape index (κ3) is 19.7. The number of ether oxygens (including phenoxy) is 1. The molecule has 0 aliphatic heterocycles. The van der Waals surface area contributed by atoms with E-state index in [4.69, 9.17) is 15.3 Å². The van der Waals surface area contributed by atoms with Crippen LogP contribution < -0.4 is 0 Å². The van der Waals surface area contributed by atoms with E-state index in [1.807, 2.05) is 0 Å². The van der Waals surface area contributed by atoms with Gasteiger partial charge in [0, 0.05) is 24.3 Å². The van der Waals surface area contributed by atoms with E-state index in [1.54, 1.807) is 0 Å². The Balaban J connectivity index is 0. The third-order valence-electron chi connectivity index (χ3n) is 0.932. The van der Waals surface area contributed by atoms with Gasteiger partial charge in [-0.2, -0.15) is 0 Å². The molecule has 3 N–H and O–H groups in total. The number of carboxylic acids is 3. The van der Waals surface area contributed by atoms with Gasteiger partial charge in [0.15, 0.2) is 0 Å². The number of methoxy groups -OCH3 is 1. The Labute approximate surface area is 95.4 Å². The van der Waals surface area contributed by atoms with E-state index >= 15 is 0 Å². The predicted octanol–water partition coefficient (Wildman–Crippen LogP) is -0.488. The molecule has 8 heteroatoms. The number of hydrogen-bond donors (Lipinski definition) is 3. The quantitative estimate of drug-likeness (QED) is 0.446. The van der Waals surface area contributed by atoms with E-state index in [1.165, 1.54) is 7.11 Å². The first-order valence-corrected chi connectivity index (χ1v) is 3.92. The highest BCUT2D eigenvalue weighted by Crippen LogP contribution is 1.76. The van der Waals surface area contributed by atoms with E-state index in [2.05, 4.69) is 4.74 Å². The number of carbonyl (C=O) groups is 4. The number of carbonyl (C=O) groups excluding carboxylic acids is 1. The molecule has 0 aliphatic carbocycles. The van der Waals surface area contributed by atoms with Crippen molar-refractivity contribution in [3.63, 3.8) is 0 Å². The lowest BCUT2D eigenvalue weighted by Gasteiger charge is -1.85. The lowest BCUT2D eigenvalue weighted by atomic mass is 10.5. The number of rotatable bonds is 4. The summed E-state index contributed by atoms with van der Waals surface area (Å²) in [7, 11) is 1.18. The molecule has 94 valence electrons. The Bertz CT molecular complexity index is 336. The molecule has 0 spiro atoms. The summed E-state index contributed by atoms with van der Waals surface area (Å²) in [5.74, 6) is -4.35. The van der Waals surface area contributed by atoms with Crippen molar-refractivity contribution in [1.29, 1.82) is 0 Å². The van der Waals surface area contributed by atoms with Crippen LogP contribution in [0.1, 0.15) is 0 Å². The van der Waals surface area contributed by atoms with Crippen LogP contribution in [0.15, 0.2) is 24.3 Å². The van der Waals surface area contributed by atoms with Gasteiger partial charge in [0.25, 0.3) is 0 Å². The Morgan fingerprint density at radius 3 is 1.29 bits per heavy atom. The van der Waals surface area contributed by atoms with Gasteiger partial charge in [-0.05, 0) is 0 Å². The van der Waals surface area contributed by atoms with Gasteiger partial charge in [0.1, 0.15) is 0 Å². The minimum atomic E-state index is -1.26. The highest BCUT2D eigenvalue weighted by Gasteiger charge is 1.91. The van der Waals surface area contributed by atoms with Gasteiger partial charge in [-0.3, -0.25) is 0 Å². The lowest BCUT2D eigenvalue weighted by molar-refractivity contribution is -0.136. The number of hydrogen-bond acceptors (Lipinski definition) is 5. The van der Waals surface area contributed by atoms with E-state index < -0.39 is 23.9 Å². The molecule has 0 aromatic carbocycles. The number of esters is 1. The molecule has 0 aromatic heterocycles. The maximum atomic E-state index is 10.1. The summed E-state index contributed by atoms with van der Waals surface area (Å²) >= 11 is 0. The van der Waals surface area contributed by atoms with Crippen LogP contribution in [0, 0.1) is 0 Å². The molecular weight excluding hydrogens is 236 g/mol. The van der Waals surface area contributed by atoms with Crippen molar-refractivity contribution >= 4 is 23.9 Å². The van der Waals surface area contributed by atoms with Crippen LogP contribution in [0.3, 0.4) is 0 Å². The van der Waals surface area contributed by atoms with E-state index in [-0.39, 0.29) is 0 Å². The second-order valence-corrected chi connectivity index (χ2v) is 2.20. The maximum Gasteiger partial charge on any atom is 0.330 e. The Hall–Kier alpha value is -2.64. The second-order valence-electron chi connectivity index (χ2n) is 2.20. The average Bonchev–Trinajstić information content (AvgIpc) is 2.23. The first-order chi connectivity index (χ1) is 7.79. The van der Waals surface area contributed by atoms with Crippen LogP contribution in [-0.4, -0.2) is 46.3 Å². The molecule has 17 heavy (non-hydrogen) atoms. The molecule has 0 atom stereocenters. The van der Waals surface area contributed by atoms with E-state index in [0.717, 1.165) is 6.08 Å². The summed E-state index contributed by atoms with van der Waals surface area (Å²) in [5.41, 5.74) is 0. The van der Waals surface area contributed by atoms with Crippen LogP contribution in [0.25, 0.3) is 0 Å². The number of carboxylic acid groups (broad SMARTS) is 3. The van der Waals surface area contributed by atoms with Crippen LogP contribution in [-0.2, 0) is 23.9 Å². The van der Waals surface area contributed by atoms with E-state index in [9.17, 15) is 19.2 Å². The summed E-state index contributed by atoms with van der Waals surface area (Å²) < 4.78 is 4.11. The number of aliphatic carboxylic acids is 3. The summed E-state index contributed by atoms with van der Waals surface area (Å²) in [6.45, 7) is 0. The Morgan fingerprint density at radius 1 is 0.765 bits per heavy atom. The second kappa shape index (κ2) is 9.90. The van der Waals surface area contributed by atoms with Gasteiger partial charge in [0.2, 0.25) is 0 Å². The zero-order valence-corrected chi connectivity index (χ0v) is 8.69. The molecule has 0 bridgehead atoms. The largest absolute Gasteiger partial charge is 0.478 e. The fourth-order valence-corrected chi connectivity index (χ4v) is 0.350. The van der Waals surface area contributed by atoms with Gasteiger partial charge in [-0.1, -0.05) is 0 Å². The Morgan fingerprint density at radius 2 is 1.06 bits per heavy atom. The van der Waals surface area contributed by atoms with Crippen LogP contribution in [0.2, 0.25) is 0 Å². The molecule has 0 saturated carbocycles. The molecule has 0 unspecified atom stereocenters. The van der Waals surface area contributed by atoms with Gasteiger partial charge in [0.05, 0.1) is 7.11 Å². The van der Waals surface area contributed by atoms with Crippen molar-refractivity contribution < 1.29 is 39.2 Å². The Kier molecular flexibility index (Phi) is 9.77. The molecule has 0 aliphatic rings. The molecule has 0 fully saturated rings. The van der Waals surface area contributed by atoms with Gasteiger partial charge in [-0.15, -0.1) is 0 Å². The lowest BCUT2D eigenvalue weighted by Crippen LogP contribution is -1.96. The SMILES string of the molecule is COC(=O)/C=C/C(=O)O.O=C(O)/C=C/C(=O)O. The zero-order chi connectivity index (χ0) is 13.8. The fraction of sp³-hybridized carbons (Fsp3) is 0.111. The molecule has 0 heterocycles. The minimum Gasteiger partial charge on any atom is -0.478 e. The van der Waals surface area contributed by atoms with Crippen LogP contribution in [0.5, 0.6) is 0 Å². The summed E-state index contributed by atoms with van der Waals surface area (Å²) in [6, 6.07) is 0. The van der Waals surface area contributed by atoms with Crippen molar-refractivity contribution in [2.75, 3.05) is 7.11 Å². The first kappa shape index (κ1) is 16.8. The molecule has 0 saturated heterocycles. The van der Waals surface area contributed by atoms with Gasteiger partial charge in [-0.25, -0.2) is 19.2 Å². The van der Waals surface area contributed by atoms with Gasteiger partial charge < -0.3 is 20.1 Å². The topological polar surface area (TPSA) is 138 Å². The zero-order valence-electron chi connectivity index (χ0n) is 8.69. The summed E-state index contributed by atoms with van der Waals surface area (Å²) in [4.78, 5) is 39.0. The molecule has 0 aromatic rings. The molecule has 8 nitrogen and oxygen atoms in total. The van der Waals surface area contributed by atoms with Crippen LogP contribution in [0.4, 0.5) is 0 Å². The smallest absolute Gasteiger partial charge is 0.330 e. The fourth-order valence-electron chi connectivity index (χ4n) is 0.350. The predicted molar refractivity (Wildman–Crippen MR) is 53.2 cm³/mol. The highest BCUT2D eigenvalue weighted by molar-refractivity contribution is 5.90. The maximum absolute atomic E-state index is 10.1. The van der Waals surface area contributed by atoms with Gasteiger partial charge >= 0.3 is 23.9 Å². The average molecular weight is 246 g/mol. The van der Waals surface area contributed by atoms with Crippen LogP contribution >= 0.6 is 0 Å². The summed E-state index contributed by atoms with van der Waals surface area (Å²) in [6.07, 6.45) is 2.67. The standard InChI is InChI=1S/C5H6O4.C4H4O4/c1-9-5(8)3-2-4(6)7;5-3(6)1-2-4(7)8/h2-3H,1H3,(H,6,7);1-2H,(H,5,6)(H,7,8)/b3-2+;2-1+.